The van der Waals surface area contributed by atoms with Crippen LogP contribution in [0.25, 0.3) is 0 Å². The molecule has 2 rings (SSSR count). The second-order valence-corrected chi connectivity index (χ2v) is 4.86. The normalized spacial score (nSPS) is 12.0. The summed E-state index contributed by atoms with van der Waals surface area (Å²) < 4.78 is 23.0. The van der Waals surface area contributed by atoms with Crippen LogP contribution in [0.1, 0.15) is 33.4 Å². The van der Waals surface area contributed by atoms with Crippen LogP contribution in [-0.4, -0.2) is 29.2 Å². The highest BCUT2D eigenvalue weighted by Crippen LogP contribution is 2.18. The molecule has 1 unspecified atom stereocenters. The molecule has 0 aliphatic heterocycles. The van der Waals surface area contributed by atoms with Crippen LogP contribution in [-0.2, 0) is 16.1 Å². The SMILES string of the molecule is COCc1cc(C(=O)NC(C(=O)O)c2ccc(F)c(C)c2)no1. The second kappa shape index (κ2) is 7.01. The summed E-state index contributed by atoms with van der Waals surface area (Å²) in [6.45, 7) is 1.65. The third-order valence-corrected chi connectivity index (χ3v) is 3.12. The van der Waals surface area contributed by atoms with E-state index in [0.29, 0.717) is 5.76 Å². The Hall–Kier alpha value is -2.74. The lowest BCUT2D eigenvalue weighted by atomic mass is 10.0. The molecule has 0 aliphatic carbocycles. The van der Waals surface area contributed by atoms with Crippen molar-refractivity contribution < 1.29 is 28.3 Å². The summed E-state index contributed by atoms with van der Waals surface area (Å²) in [4.78, 5) is 23.5. The van der Waals surface area contributed by atoms with Gasteiger partial charge in [-0.25, -0.2) is 9.18 Å². The number of carboxylic acid groups (broad SMARTS) is 1. The van der Waals surface area contributed by atoms with Crippen molar-refractivity contribution in [1.82, 2.24) is 10.5 Å². The smallest absolute Gasteiger partial charge is 0.330 e. The minimum absolute atomic E-state index is 0.0675. The van der Waals surface area contributed by atoms with Gasteiger partial charge in [0.05, 0.1) is 0 Å². The summed E-state index contributed by atoms with van der Waals surface area (Å²) in [5, 5.41) is 15.2. The molecular formula is C15H15FN2O5. The molecule has 1 atom stereocenters. The van der Waals surface area contributed by atoms with Gasteiger partial charge in [0.15, 0.2) is 17.5 Å². The molecular weight excluding hydrogens is 307 g/mol. The van der Waals surface area contributed by atoms with Gasteiger partial charge in [-0.3, -0.25) is 4.79 Å². The average molecular weight is 322 g/mol. The van der Waals surface area contributed by atoms with Crippen molar-refractivity contribution in [3.63, 3.8) is 0 Å². The molecule has 23 heavy (non-hydrogen) atoms. The zero-order chi connectivity index (χ0) is 17.0. The zero-order valence-corrected chi connectivity index (χ0v) is 12.5. The summed E-state index contributed by atoms with van der Waals surface area (Å²) >= 11 is 0. The summed E-state index contributed by atoms with van der Waals surface area (Å²) in [6, 6.07) is 3.85. The maximum absolute atomic E-state index is 13.3. The lowest BCUT2D eigenvalue weighted by molar-refractivity contribution is -0.139. The van der Waals surface area contributed by atoms with Gasteiger partial charge >= 0.3 is 5.97 Å². The van der Waals surface area contributed by atoms with E-state index in [0.717, 1.165) is 6.07 Å². The number of hydrogen-bond acceptors (Lipinski definition) is 5. The van der Waals surface area contributed by atoms with Gasteiger partial charge in [0.2, 0.25) is 0 Å². The number of rotatable bonds is 6. The molecule has 1 heterocycles. The summed E-state index contributed by atoms with van der Waals surface area (Å²) in [5.41, 5.74) is 0.472. The first-order chi connectivity index (χ1) is 10.9. The third kappa shape index (κ3) is 3.92. The molecule has 1 aromatic heterocycles. The quantitative estimate of drug-likeness (QED) is 0.841. The molecule has 8 heteroatoms. The zero-order valence-electron chi connectivity index (χ0n) is 12.5. The molecule has 1 aromatic carbocycles. The van der Waals surface area contributed by atoms with Gasteiger partial charge in [-0.1, -0.05) is 17.3 Å². The van der Waals surface area contributed by atoms with E-state index in [1.54, 1.807) is 0 Å². The van der Waals surface area contributed by atoms with Gasteiger partial charge < -0.3 is 19.7 Å². The van der Waals surface area contributed by atoms with Crippen molar-refractivity contribution in [3.05, 3.63) is 52.7 Å². The Kier molecular flexibility index (Phi) is 5.07. The summed E-state index contributed by atoms with van der Waals surface area (Å²) in [5.74, 6) is -2.11. The number of nitrogens with one attached hydrogen (secondary N) is 1. The third-order valence-electron chi connectivity index (χ3n) is 3.12. The lowest BCUT2D eigenvalue weighted by Crippen LogP contribution is -2.34. The van der Waals surface area contributed by atoms with Crippen molar-refractivity contribution in [2.45, 2.75) is 19.6 Å². The van der Waals surface area contributed by atoms with Crippen LogP contribution < -0.4 is 5.32 Å². The largest absolute Gasteiger partial charge is 0.479 e. The van der Waals surface area contributed by atoms with Crippen molar-refractivity contribution in [1.29, 1.82) is 0 Å². The molecule has 0 spiro atoms. The number of carbonyl (C=O) groups excluding carboxylic acids is 1. The van der Waals surface area contributed by atoms with E-state index >= 15 is 0 Å². The number of aliphatic carboxylic acids is 1. The Balaban J connectivity index is 2.19. The Morgan fingerprint density at radius 2 is 2.17 bits per heavy atom. The number of carboxylic acids is 1. The van der Waals surface area contributed by atoms with E-state index in [-0.39, 0.29) is 23.4 Å². The van der Waals surface area contributed by atoms with Crippen LogP contribution in [0, 0.1) is 12.7 Å². The molecule has 0 saturated carbocycles. The number of benzene rings is 1. The fraction of sp³-hybridized carbons (Fsp3) is 0.267. The number of hydrogen-bond donors (Lipinski definition) is 2. The molecule has 0 bridgehead atoms. The number of halogens is 1. The standard InChI is InChI=1S/C15H15FN2O5/c1-8-5-9(3-4-11(8)16)13(15(20)21)17-14(19)12-6-10(7-22-2)23-18-12/h3-6,13H,7H2,1-2H3,(H,17,19)(H,20,21). The van der Waals surface area contributed by atoms with E-state index in [2.05, 4.69) is 10.5 Å². The van der Waals surface area contributed by atoms with E-state index in [1.807, 2.05) is 0 Å². The Labute approximate surface area is 131 Å². The monoisotopic (exact) mass is 322 g/mol. The summed E-state index contributed by atoms with van der Waals surface area (Å²) in [6.07, 6.45) is 0. The minimum atomic E-state index is -1.33. The first kappa shape index (κ1) is 16.6. The molecule has 122 valence electrons. The van der Waals surface area contributed by atoms with Crippen molar-refractivity contribution in [2.24, 2.45) is 0 Å². The van der Waals surface area contributed by atoms with Crippen molar-refractivity contribution >= 4 is 11.9 Å². The Morgan fingerprint density at radius 3 is 2.78 bits per heavy atom. The Morgan fingerprint density at radius 1 is 1.43 bits per heavy atom. The van der Waals surface area contributed by atoms with Crippen LogP contribution >= 0.6 is 0 Å². The second-order valence-electron chi connectivity index (χ2n) is 4.86. The van der Waals surface area contributed by atoms with Crippen LogP contribution in [0.4, 0.5) is 4.39 Å². The molecule has 7 nitrogen and oxygen atoms in total. The molecule has 0 saturated heterocycles. The number of nitrogens with zero attached hydrogens (tertiary/aromatic N) is 1. The maximum atomic E-state index is 13.3. The lowest BCUT2D eigenvalue weighted by Gasteiger charge is -2.14. The number of carbonyl (C=O) groups is 2. The van der Waals surface area contributed by atoms with Gasteiger partial charge in [0, 0.05) is 13.2 Å². The highest BCUT2D eigenvalue weighted by Gasteiger charge is 2.25. The molecule has 2 aromatic rings. The predicted octanol–water partition coefficient (Wildman–Crippen LogP) is 1.82. The van der Waals surface area contributed by atoms with Crippen LogP contribution in [0.15, 0.2) is 28.8 Å². The average Bonchev–Trinajstić information content (AvgIpc) is 2.96. The number of methoxy groups -OCH3 is 1. The fourth-order valence-corrected chi connectivity index (χ4v) is 1.97. The first-order valence-electron chi connectivity index (χ1n) is 6.66. The maximum Gasteiger partial charge on any atom is 0.330 e. The number of aryl methyl sites for hydroxylation is 1. The minimum Gasteiger partial charge on any atom is -0.479 e. The van der Waals surface area contributed by atoms with Crippen LogP contribution in [0.3, 0.4) is 0 Å². The van der Waals surface area contributed by atoms with Crippen molar-refractivity contribution in [3.8, 4) is 0 Å². The summed E-state index contributed by atoms with van der Waals surface area (Å²) in [7, 11) is 1.46. The number of amides is 1. The van der Waals surface area contributed by atoms with E-state index in [1.165, 1.54) is 32.2 Å². The van der Waals surface area contributed by atoms with E-state index < -0.39 is 23.7 Å². The molecule has 1 amide bonds. The molecule has 0 aliphatic rings. The van der Waals surface area contributed by atoms with Gasteiger partial charge in [-0.05, 0) is 24.1 Å². The van der Waals surface area contributed by atoms with Crippen molar-refractivity contribution in [2.75, 3.05) is 7.11 Å². The topological polar surface area (TPSA) is 102 Å². The highest BCUT2D eigenvalue weighted by molar-refractivity contribution is 5.95. The molecule has 2 N–H and O–H groups in total. The highest BCUT2D eigenvalue weighted by atomic mass is 19.1. The van der Waals surface area contributed by atoms with E-state index in [9.17, 15) is 19.1 Å². The van der Waals surface area contributed by atoms with Crippen LogP contribution in [0.5, 0.6) is 0 Å². The van der Waals surface area contributed by atoms with Gasteiger partial charge in [0.1, 0.15) is 12.4 Å². The predicted molar refractivity (Wildman–Crippen MR) is 76.2 cm³/mol. The van der Waals surface area contributed by atoms with Crippen LogP contribution in [0.2, 0.25) is 0 Å². The number of ether oxygens (including phenoxy) is 1. The van der Waals surface area contributed by atoms with Gasteiger partial charge in [-0.15, -0.1) is 0 Å². The van der Waals surface area contributed by atoms with E-state index in [4.69, 9.17) is 9.26 Å². The molecule has 0 fully saturated rings. The fourth-order valence-electron chi connectivity index (χ4n) is 1.97. The molecule has 0 radical (unpaired) electrons. The number of aromatic nitrogens is 1. The Bertz CT molecular complexity index is 728. The van der Waals surface area contributed by atoms with Gasteiger partial charge in [0.25, 0.3) is 5.91 Å². The first-order valence-corrected chi connectivity index (χ1v) is 6.66. The van der Waals surface area contributed by atoms with Gasteiger partial charge in [-0.2, -0.15) is 0 Å².